The third-order valence-corrected chi connectivity index (χ3v) is 9.91. The molecule has 1 atom stereocenters. The number of carbonyl (C=O) groups excluding carboxylic acids is 1. The van der Waals surface area contributed by atoms with E-state index in [1.54, 1.807) is 12.1 Å². The van der Waals surface area contributed by atoms with Crippen LogP contribution in [-0.4, -0.2) is 31.0 Å². The number of hydrogen-bond acceptors (Lipinski definition) is 6. The average molecular weight is 668 g/mol. The molecule has 1 aromatic heterocycles. The van der Waals surface area contributed by atoms with Gasteiger partial charge in [-0.25, -0.2) is 18.2 Å². The number of carbonyl (C=O) groups is 1. The molecule has 0 aliphatic rings. The lowest BCUT2D eigenvalue weighted by Gasteiger charge is -2.18. The number of aromatic nitrogens is 2. The summed E-state index contributed by atoms with van der Waals surface area (Å²) in [4.78, 5) is 17.8. The topological polar surface area (TPSA) is 99.5 Å². The molecule has 0 saturated carbocycles. The molecule has 0 spiro atoms. The van der Waals surface area contributed by atoms with Gasteiger partial charge < -0.3 is 14.0 Å². The predicted molar refractivity (Wildman–Crippen MR) is 191 cm³/mol. The Hall–Kier alpha value is -4.63. The maximum Gasteiger partial charge on any atom is 0.351 e. The molecule has 252 valence electrons. The number of fused-ring (bicyclic) bond motifs is 1. The molecule has 4 aromatic carbocycles. The van der Waals surface area contributed by atoms with E-state index in [1.807, 2.05) is 85.8 Å². The first-order valence-electron chi connectivity index (χ1n) is 16.7. The number of esters is 1. The van der Waals surface area contributed by atoms with E-state index < -0.39 is 22.1 Å². The summed E-state index contributed by atoms with van der Waals surface area (Å²) in [6, 6.07) is 28.0. The van der Waals surface area contributed by atoms with Gasteiger partial charge in [0.25, 0.3) is 10.0 Å². The van der Waals surface area contributed by atoms with Gasteiger partial charge >= 0.3 is 5.97 Å². The molecule has 0 bridgehead atoms. The van der Waals surface area contributed by atoms with Crippen LogP contribution in [0, 0.1) is 6.92 Å². The van der Waals surface area contributed by atoms with E-state index in [1.165, 1.54) is 7.11 Å². The van der Waals surface area contributed by atoms with E-state index in [0.29, 0.717) is 28.4 Å². The molecule has 0 amide bonds. The Balaban J connectivity index is 1.41. The molecule has 0 fully saturated rings. The van der Waals surface area contributed by atoms with Gasteiger partial charge in [-0.3, -0.25) is 4.72 Å². The van der Waals surface area contributed by atoms with Gasteiger partial charge in [-0.2, -0.15) is 0 Å². The van der Waals surface area contributed by atoms with Crippen molar-refractivity contribution >= 4 is 32.7 Å². The van der Waals surface area contributed by atoms with Gasteiger partial charge in [-0.05, 0) is 73.7 Å². The number of unbranched alkanes of at least 4 members (excludes halogenated alkanes) is 3. The Morgan fingerprint density at radius 3 is 2.33 bits per heavy atom. The van der Waals surface area contributed by atoms with Crippen molar-refractivity contribution in [3.05, 3.63) is 119 Å². The number of ether oxygens (including phenoxy) is 2. The summed E-state index contributed by atoms with van der Waals surface area (Å²) in [5, 5.41) is 0. The number of nitrogens with one attached hydrogen (secondary N) is 1. The molecule has 0 radical (unpaired) electrons. The zero-order chi connectivity index (χ0) is 34.1. The normalized spacial score (nSPS) is 12.2. The fraction of sp³-hybridized carbons (Fsp3) is 0.333. The summed E-state index contributed by atoms with van der Waals surface area (Å²) in [5.41, 5.74) is 5.76. The average Bonchev–Trinajstić information content (AvgIpc) is 3.42. The highest BCUT2D eigenvalue weighted by Gasteiger charge is 2.24. The number of imidazole rings is 1. The van der Waals surface area contributed by atoms with Gasteiger partial charge in [0.05, 0.1) is 28.7 Å². The van der Waals surface area contributed by atoms with E-state index >= 15 is 0 Å². The minimum Gasteiger partial charge on any atom is -0.474 e. The maximum atomic E-state index is 13.7. The van der Waals surface area contributed by atoms with Gasteiger partial charge in [0.2, 0.25) is 6.10 Å². The van der Waals surface area contributed by atoms with E-state index in [2.05, 4.69) is 23.1 Å². The van der Waals surface area contributed by atoms with E-state index in [9.17, 15) is 13.2 Å². The number of benzene rings is 4. The number of nitrogens with zero attached hydrogens (tertiary/aromatic N) is 2. The summed E-state index contributed by atoms with van der Waals surface area (Å²) < 4.78 is 43.5. The predicted octanol–water partition coefficient (Wildman–Crippen LogP) is 8.56. The molecule has 5 aromatic rings. The smallest absolute Gasteiger partial charge is 0.351 e. The van der Waals surface area contributed by atoms with Crippen molar-refractivity contribution in [3.63, 3.8) is 0 Å². The van der Waals surface area contributed by atoms with Crippen molar-refractivity contribution < 1.29 is 22.7 Å². The Bertz CT molecular complexity index is 1940. The Morgan fingerprint density at radius 2 is 1.62 bits per heavy atom. The zero-order valence-corrected chi connectivity index (χ0v) is 29.1. The molecular weight excluding hydrogens is 623 g/mol. The highest BCUT2D eigenvalue weighted by atomic mass is 32.2. The number of methoxy groups -OCH3 is 1. The molecule has 0 aliphatic heterocycles. The van der Waals surface area contributed by atoms with Crippen LogP contribution in [0.2, 0.25) is 0 Å². The molecule has 0 aliphatic carbocycles. The summed E-state index contributed by atoms with van der Waals surface area (Å²) in [5.74, 6) is 1.01. The Labute approximate surface area is 284 Å². The fourth-order valence-corrected chi connectivity index (χ4v) is 7.16. The second-order valence-corrected chi connectivity index (χ2v) is 13.8. The third-order valence-electron chi connectivity index (χ3n) is 8.42. The maximum absolute atomic E-state index is 13.7. The summed E-state index contributed by atoms with van der Waals surface area (Å²) in [6.45, 7) is 6.81. The number of rotatable bonds is 16. The zero-order valence-electron chi connectivity index (χ0n) is 28.2. The van der Waals surface area contributed by atoms with Gasteiger partial charge in [-0.1, -0.05) is 93.3 Å². The SMILES string of the molecule is CCCCCc1cc(C)ccc1S(=O)(=O)Nc1ccc2nc(CCCC)n(Cc3ccc(OC(C(=O)OC)c4ccccc4)cc3)c2c1. The van der Waals surface area contributed by atoms with Crippen molar-refractivity contribution in [3.8, 4) is 5.75 Å². The van der Waals surface area contributed by atoms with E-state index in [4.69, 9.17) is 14.5 Å². The number of hydrogen-bond donors (Lipinski definition) is 1. The highest BCUT2D eigenvalue weighted by Crippen LogP contribution is 2.28. The molecule has 8 nitrogen and oxygen atoms in total. The minimum atomic E-state index is -3.82. The Morgan fingerprint density at radius 1 is 0.875 bits per heavy atom. The third kappa shape index (κ3) is 8.44. The second-order valence-electron chi connectivity index (χ2n) is 12.2. The molecular formula is C39H45N3O5S. The molecule has 1 N–H and O–H groups in total. The first-order valence-corrected chi connectivity index (χ1v) is 18.2. The van der Waals surface area contributed by atoms with E-state index in [-0.39, 0.29) is 0 Å². The van der Waals surface area contributed by atoms with Crippen molar-refractivity contribution in [2.75, 3.05) is 11.8 Å². The van der Waals surface area contributed by atoms with Crippen LogP contribution < -0.4 is 9.46 Å². The van der Waals surface area contributed by atoms with Gasteiger partial charge in [-0.15, -0.1) is 0 Å². The lowest BCUT2D eigenvalue weighted by atomic mass is 10.1. The standard InChI is InChI=1S/C39H45N3O5S/c1-5-7-10-15-31-25-28(3)17-24-36(31)48(44,45)41-32-20-23-34-35(26-32)42(37(40-34)16-8-6-2)27-29-18-21-33(22-19-29)47-38(39(43)46-4)30-13-11-9-12-14-30/h9,11-14,17-26,38,41H,5-8,10,15-16,27H2,1-4H3. The Kier molecular flexibility index (Phi) is 11.5. The van der Waals surface area contributed by atoms with Crippen LogP contribution in [0.15, 0.2) is 95.9 Å². The minimum absolute atomic E-state index is 0.324. The van der Waals surface area contributed by atoms with Crippen LogP contribution in [0.4, 0.5) is 5.69 Å². The van der Waals surface area contributed by atoms with E-state index in [0.717, 1.165) is 78.5 Å². The summed E-state index contributed by atoms with van der Waals surface area (Å²) in [6.07, 6.45) is 5.72. The lowest BCUT2D eigenvalue weighted by molar-refractivity contribution is -0.149. The lowest BCUT2D eigenvalue weighted by Crippen LogP contribution is -2.20. The van der Waals surface area contributed by atoms with Crippen LogP contribution >= 0.6 is 0 Å². The van der Waals surface area contributed by atoms with Gasteiger partial charge in [0, 0.05) is 18.5 Å². The first kappa shape index (κ1) is 34.7. The number of sulfonamides is 1. The summed E-state index contributed by atoms with van der Waals surface area (Å²) in [7, 11) is -2.47. The van der Waals surface area contributed by atoms with Crippen LogP contribution in [0.1, 0.15) is 80.1 Å². The second kappa shape index (κ2) is 16.0. The van der Waals surface area contributed by atoms with Crippen molar-refractivity contribution in [2.45, 2.75) is 83.3 Å². The quantitative estimate of drug-likeness (QED) is 0.0836. The van der Waals surface area contributed by atoms with Crippen LogP contribution in [-0.2, 0) is 38.9 Å². The highest BCUT2D eigenvalue weighted by molar-refractivity contribution is 7.92. The summed E-state index contributed by atoms with van der Waals surface area (Å²) >= 11 is 0. The largest absolute Gasteiger partial charge is 0.474 e. The number of aryl methyl sites for hydroxylation is 3. The van der Waals surface area contributed by atoms with Crippen LogP contribution in [0.5, 0.6) is 5.75 Å². The van der Waals surface area contributed by atoms with Gasteiger partial charge in [0.1, 0.15) is 11.6 Å². The van der Waals surface area contributed by atoms with Crippen molar-refractivity contribution in [1.82, 2.24) is 9.55 Å². The molecule has 1 unspecified atom stereocenters. The molecule has 0 saturated heterocycles. The van der Waals surface area contributed by atoms with Crippen LogP contribution in [0.3, 0.4) is 0 Å². The van der Waals surface area contributed by atoms with Crippen LogP contribution in [0.25, 0.3) is 11.0 Å². The van der Waals surface area contributed by atoms with Crippen molar-refractivity contribution in [2.24, 2.45) is 0 Å². The molecule has 1 heterocycles. The van der Waals surface area contributed by atoms with Gasteiger partial charge in [0.15, 0.2) is 0 Å². The molecule has 9 heteroatoms. The monoisotopic (exact) mass is 667 g/mol. The molecule has 5 rings (SSSR count). The van der Waals surface area contributed by atoms with Crippen molar-refractivity contribution in [1.29, 1.82) is 0 Å². The first-order chi connectivity index (χ1) is 23.2. The fourth-order valence-electron chi connectivity index (χ4n) is 5.86. The number of anilines is 1. The molecule has 48 heavy (non-hydrogen) atoms.